The van der Waals surface area contributed by atoms with Gasteiger partial charge in [-0.15, -0.1) is 0 Å². The van der Waals surface area contributed by atoms with E-state index in [4.69, 9.17) is 4.52 Å². The number of rotatable bonds is 4. The van der Waals surface area contributed by atoms with Gasteiger partial charge in [0.2, 0.25) is 5.89 Å². The van der Waals surface area contributed by atoms with Gasteiger partial charge in [0, 0.05) is 11.8 Å². The summed E-state index contributed by atoms with van der Waals surface area (Å²) in [5.41, 5.74) is 0. The molecule has 1 fully saturated rings. The maximum absolute atomic E-state index is 11.4. The normalized spacial score (nSPS) is 24.5. The molecule has 1 aromatic heterocycles. The minimum Gasteiger partial charge on any atom is -0.339 e. The zero-order chi connectivity index (χ0) is 11.0. The molecule has 2 rings (SSSR count). The van der Waals surface area contributed by atoms with Crippen LogP contribution in [0.15, 0.2) is 4.52 Å². The van der Waals surface area contributed by atoms with E-state index in [2.05, 4.69) is 17.1 Å². The van der Waals surface area contributed by atoms with Crippen molar-refractivity contribution in [3.8, 4) is 0 Å². The van der Waals surface area contributed by atoms with E-state index in [1.165, 1.54) is 0 Å². The number of Topliss-reactive ketones (excluding diaryl/α,β-unsaturated/α-hetero) is 1. The fourth-order valence-electron chi connectivity index (χ4n) is 1.53. The second-order valence-electron chi connectivity index (χ2n) is 4.66. The molecule has 0 N–H and O–H groups in total. The van der Waals surface area contributed by atoms with Gasteiger partial charge < -0.3 is 4.52 Å². The summed E-state index contributed by atoms with van der Waals surface area (Å²) >= 11 is 0. The lowest BCUT2D eigenvalue weighted by molar-refractivity contribution is -0.121. The van der Waals surface area contributed by atoms with Gasteiger partial charge in [0.15, 0.2) is 5.82 Å². The van der Waals surface area contributed by atoms with Crippen LogP contribution in [0, 0.1) is 11.8 Å². The van der Waals surface area contributed by atoms with Crippen LogP contribution in [0.4, 0.5) is 0 Å². The van der Waals surface area contributed by atoms with E-state index < -0.39 is 0 Å². The number of carbonyl (C=O) groups is 1. The summed E-state index contributed by atoms with van der Waals surface area (Å²) in [4.78, 5) is 15.7. The second-order valence-corrected chi connectivity index (χ2v) is 4.66. The van der Waals surface area contributed by atoms with Gasteiger partial charge in [0.1, 0.15) is 5.78 Å². The second kappa shape index (κ2) is 3.76. The smallest absolute Gasteiger partial charge is 0.234 e. The Morgan fingerprint density at radius 1 is 1.60 bits per heavy atom. The van der Waals surface area contributed by atoms with Crippen LogP contribution in [0.2, 0.25) is 0 Å². The topological polar surface area (TPSA) is 56.0 Å². The number of nitrogens with zero attached hydrogens (tertiary/aromatic N) is 2. The minimum absolute atomic E-state index is 0.0280. The summed E-state index contributed by atoms with van der Waals surface area (Å²) in [5, 5.41) is 3.90. The molecule has 1 saturated carbocycles. The quantitative estimate of drug-likeness (QED) is 0.759. The van der Waals surface area contributed by atoms with E-state index in [0.29, 0.717) is 17.7 Å². The zero-order valence-electron chi connectivity index (χ0n) is 9.36. The van der Waals surface area contributed by atoms with Crippen molar-refractivity contribution in [1.29, 1.82) is 0 Å². The maximum Gasteiger partial charge on any atom is 0.234 e. The van der Waals surface area contributed by atoms with Gasteiger partial charge in [0.05, 0.1) is 6.42 Å². The predicted octanol–water partition coefficient (Wildman–Crippen LogP) is 1.96. The van der Waals surface area contributed by atoms with Gasteiger partial charge in [0.25, 0.3) is 0 Å². The molecule has 4 nitrogen and oxygen atoms in total. The largest absolute Gasteiger partial charge is 0.339 e. The van der Waals surface area contributed by atoms with Crippen LogP contribution in [0.5, 0.6) is 0 Å². The van der Waals surface area contributed by atoms with Gasteiger partial charge in [-0.3, -0.25) is 4.79 Å². The molecule has 0 spiro atoms. The van der Waals surface area contributed by atoms with Crippen molar-refractivity contribution in [2.24, 2.45) is 11.8 Å². The van der Waals surface area contributed by atoms with Gasteiger partial charge in [-0.1, -0.05) is 25.9 Å². The minimum atomic E-state index is 0.0280. The SMILES string of the molecule is CC(C)C(=O)Cc1nc(C2CC2C)no1. The Hall–Kier alpha value is -1.19. The van der Waals surface area contributed by atoms with Crippen LogP contribution >= 0.6 is 0 Å². The standard InChI is InChI=1S/C11H16N2O2/c1-6(2)9(14)5-10-12-11(13-15-10)8-4-7(8)3/h6-8H,4-5H2,1-3H3. The third-order valence-electron chi connectivity index (χ3n) is 2.89. The lowest BCUT2D eigenvalue weighted by Gasteiger charge is -1.98. The Bertz CT molecular complexity index is 370. The molecule has 82 valence electrons. The molecular weight excluding hydrogens is 192 g/mol. The van der Waals surface area contributed by atoms with Crippen LogP contribution in [-0.2, 0) is 11.2 Å². The average Bonchev–Trinajstić information content (AvgIpc) is 2.73. The third-order valence-corrected chi connectivity index (χ3v) is 2.89. The Balaban J connectivity index is 1.98. The van der Waals surface area contributed by atoms with Crippen LogP contribution in [0.3, 0.4) is 0 Å². The van der Waals surface area contributed by atoms with Crippen molar-refractivity contribution >= 4 is 5.78 Å². The summed E-state index contributed by atoms with van der Waals surface area (Å²) in [6.45, 7) is 5.92. The molecule has 2 unspecified atom stereocenters. The fraction of sp³-hybridized carbons (Fsp3) is 0.727. The highest BCUT2D eigenvalue weighted by Crippen LogP contribution is 2.45. The van der Waals surface area contributed by atoms with E-state index in [0.717, 1.165) is 12.2 Å². The van der Waals surface area contributed by atoms with Crippen LogP contribution in [0.1, 0.15) is 44.8 Å². The number of hydrogen-bond acceptors (Lipinski definition) is 4. The van der Waals surface area contributed by atoms with Crippen molar-refractivity contribution in [1.82, 2.24) is 10.1 Å². The molecule has 0 amide bonds. The summed E-state index contributed by atoms with van der Waals surface area (Å²) in [5.74, 6) is 2.53. The van der Waals surface area contributed by atoms with Crippen molar-refractivity contribution in [3.05, 3.63) is 11.7 Å². The van der Waals surface area contributed by atoms with Gasteiger partial charge in [-0.05, 0) is 12.3 Å². The lowest BCUT2D eigenvalue weighted by Crippen LogP contribution is -2.10. The zero-order valence-corrected chi connectivity index (χ0v) is 9.36. The van der Waals surface area contributed by atoms with E-state index in [9.17, 15) is 4.79 Å². The Kier molecular flexibility index (Phi) is 2.59. The first kappa shape index (κ1) is 10.3. The third kappa shape index (κ3) is 2.25. The maximum atomic E-state index is 11.4. The fourth-order valence-corrected chi connectivity index (χ4v) is 1.53. The van der Waals surface area contributed by atoms with E-state index in [1.54, 1.807) is 0 Å². The van der Waals surface area contributed by atoms with E-state index in [1.807, 2.05) is 13.8 Å². The number of ketones is 1. The first-order chi connectivity index (χ1) is 7.08. The highest BCUT2D eigenvalue weighted by atomic mass is 16.5. The molecule has 0 bridgehead atoms. The molecule has 15 heavy (non-hydrogen) atoms. The molecule has 0 aliphatic heterocycles. The number of carbonyl (C=O) groups excluding carboxylic acids is 1. The van der Waals surface area contributed by atoms with Crippen molar-refractivity contribution < 1.29 is 9.32 Å². The van der Waals surface area contributed by atoms with Gasteiger partial charge >= 0.3 is 0 Å². The summed E-state index contributed by atoms with van der Waals surface area (Å²) < 4.78 is 5.05. The van der Waals surface area contributed by atoms with Crippen molar-refractivity contribution in [3.63, 3.8) is 0 Å². The molecule has 1 heterocycles. The summed E-state index contributed by atoms with van der Waals surface area (Å²) in [6, 6.07) is 0. The van der Waals surface area contributed by atoms with Gasteiger partial charge in [-0.25, -0.2) is 0 Å². The molecule has 1 aliphatic rings. The average molecular weight is 208 g/mol. The Morgan fingerprint density at radius 3 is 2.80 bits per heavy atom. The van der Waals surface area contributed by atoms with Crippen LogP contribution < -0.4 is 0 Å². The predicted molar refractivity (Wildman–Crippen MR) is 54.4 cm³/mol. The van der Waals surface area contributed by atoms with Crippen LogP contribution in [0.25, 0.3) is 0 Å². The van der Waals surface area contributed by atoms with Crippen LogP contribution in [-0.4, -0.2) is 15.9 Å². The molecule has 2 atom stereocenters. The highest BCUT2D eigenvalue weighted by Gasteiger charge is 2.38. The lowest BCUT2D eigenvalue weighted by atomic mass is 10.1. The first-order valence-corrected chi connectivity index (χ1v) is 5.43. The molecule has 0 aromatic carbocycles. The van der Waals surface area contributed by atoms with Gasteiger partial charge in [-0.2, -0.15) is 4.98 Å². The molecule has 0 radical (unpaired) electrons. The number of hydrogen-bond donors (Lipinski definition) is 0. The molecule has 4 heteroatoms. The van der Waals surface area contributed by atoms with Crippen molar-refractivity contribution in [2.45, 2.75) is 39.5 Å². The van der Waals surface area contributed by atoms with Crippen molar-refractivity contribution in [2.75, 3.05) is 0 Å². The first-order valence-electron chi connectivity index (χ1n) is 5.43. The number of aromatic nitrogens is 2. The summed E-state index contributed by atoms with van der Waals surface area (Å²) in [6.07, 6.45) is 1.41. The highest BCUT2D eigenvalue weighted by molar-refractivity contribution is 5.81. The Morgan fingerprint density at radius 2 is 2.27 bits per heavy atom. The molecule has 1 aromatic rings. The van der Waals surface area contributed by atoms with E-state index >= 15 is 0 Å². The Labute approximate surface area is 89.1 Å². The molecule has 1 aliphatic carbocycles. The molecule has 0 saturated heterocycles. The summed E-state index contributed by atoms with van der Waals surface area (Å²) in [7, 11) is 0. The monoisotopic (exact) mass is 208 g/mol. The molecular formula is C11H16N2O2. The van der Waals surface area contributed by atoms with E-state index in [-0.39, 0.29) is 18.1 Å².